The maximum absolute atomic E-state index is 12.4. The molecule has 124 valence electrons. The molecule has 23 heavy (non-hydrogen) atoms. The van der Waals surface area contributed by atoms with Gasteiger partial charge in [-0.1, -0.05) is 17.4 Å². The Morgan fingerprint density at radius 1 is 1.22 bits per heavy atom. The van der Waals surface area contributed by atoms with Gasteiger partial charge in [-0.3, -0.25) is 4.79 Å². The fraction of sp³-hybridized carbons (Fsp3) is 0.333. The molecule has 1 aromatic carbocycles. The lowest BCUT2D eigenvalue weighted by atomic mass is 10.1. The second-order valence-corrected chi connectivity index (χ2v) is 8.39. The van der Waals surface area contributed by atoms with Gasteiger partial charge in [0.05, 0.1) is 11.9 Å². The molecule has 6 nitrogen and oxygen atoms in total. The summed E-state index contributed by atoms with van der Waals surface area (Å²) < 4.78 is 24.2. The number of aryl methyl sites for hydroxylation is 3. The van der Waals surface area contributed by atoms with Crippen LogP contribution in [0.1, 0.15) is 26.5 Å². The lowest BCUT2D eigenvalue weighted by Crippen LogP contribution is -2.24. The van der Waals surface area contributed by atoms with E-state index in [1.54, 1.807) is 6.92 Å². The second-order valence-electron chi connectivity index (χ2n) is 5.39. The van der Waals surface area contributed by atoms with Crippen molar-refractivity contribution in [3.63, 3.8) is 0 Å². The SMILES string of the molecule is Cc1ccc(NC(=O)c2sc(N(C)S(C)(=O)=O)nc2C)cc1C. The number of rotatable bonds is 4. The van der Waals surface area contributed by atoms with Crippen LogP contribution in [-0.4, -0.2) is 32.6 Å². The van der Waals surface area contributed by atoms with Crippen molar-refractivity contribution in [2.45, 2.75) is 20.8 Å². The summed E-state index contributed by atoms with van der Waals surface area (Å²) in [6.07, 6.45) is 1.10. The first-order valence-corrected chi connectivity index (χ1v) is 9.56. The molecule has 1 aromatic heterocycles. The largest absolute Gasteiger partial charge is 0.321 e. The molecule has 0 atom stereocenters. The highest BCUT2D eigenvalue weighted by atomic mass is 32.2. The lowest BCUT2D eigenvalue weighted by molar-refractivity contribution is 0.103. The molecule has 1 heterocycles. The van der Waals surface area contributed by atoms with E-state index in [9.17, 15) is 13.2 Å². The summed E-state index contributed by atoms with van der Waals surface area (Å²) in [6.45, 7) is 5.66. The normalized spacial score (nSPS) is 11.3. The van der Waals surface area contributed by atoms with Crippen LogP contribution in [0.15, 0.2) is 18.2 Å². The summed E-state index contributed by atoms with van der Waals surface area (Å²) in [7, 11) is -1.99. The van der Waals surface area contributed by atoms with E-state index in [-0.39, 0.29) is 11.0 Å². The topological polar surface area (TPSA) is 79.4 Å². The molecule has 0 aliphatic heterocycles. The summed E-state index contributed by atoms with van der Waals surface area (Å²) in [6, 6.07) is 5.67. The van der Waals surface area contributed by atoms with Crippen molar-refractivity contribution < 1.29 is 13.2 Å². The van der Waals surface area contributed by atoms with Crippen LogP contribution in [0.25, 0.3) is 0 Å². The molecule has 2 aromatic rings. The van der Waals surface area contributed by atoms with E-state index in [1.165, 1.54) is 7.05 Å². The van der Waals surface area contributed by atoms with Crippen LogP contribution in [0.2, 0.25) is 0 Å². The first-order valence-electron chi connectivity index (χ1n) is 6.89. The number of carbonyl (C=O) groups is 1. The fourth-order valence-electron chi connectivity index (χ4n) is 1.88. The van der Waals surface area contributed by atoms with Gasteiger partial charge < -0.3 is 5.32 Å². The Morgan fingerprint density at radius 3 is 2.43 bits per heavy atom. The lowest BCUT2D eigenvalue weighted by Gasteiger charge is -2.11. The Morgan fingerprint density at radius 2 is 1.87 bits per heavy atom. The fourth-order valence-corrected chi connectivity index (χ4v) is 3.55. The molecule has 8 heteroatoms. The number of sulfonamides is 1. The predicted molar refractivity (Wildman–Crippen MR) is 94.0 cm³/mol. The van der Waals surface area contributed by atoms with Crippen molar-refractivity contribution in [2.24, 2.45) is 0 Å². The van der Waals surface area contributed by atoms with E-state index in [0.717, 1.165) is 33.0 Å². The first kappa shape index (κ1) is 17.4. The minimum atomic E-state index is -3.40. The number of carbonyl (C=O) groups excluding carboxylic acids is 1. The number of amides is 1. The van der Waals surface area contributed by atoms with Crippen LogP contribution in [0, 0.1) is 20.8 Å². The Hall–Kier alpha value is -1.93. The average molecular weight is 353 g/mol. The highest BCUT2D eigenvalue weighted by Crippen LogP contribution is 2.27. The molecule has 0 aliphatic carbocycles. The number of benzene rings is 1. The Kier molecular flexibility index (Phi) is 4.76. The third kappa shape index (κ3) is 3.89. The molecule has 0 saturated heterocycles. The zero-order valence-corrected chi connectivity index (χ0v) is 15.3. The number of hydrogen-bond donors (Lipinski definition) is 1. The van der Waals surface area contributed by atoms with Crippen molar-refractivity contribution in [2.75, 3.05) is 22.9 Å². The standard InChI is InChI=1S/C15H19N3O3S2/c1-9-6-7-12(8-10(9)2)17-14(19)13-11(3)16-15(22-13)18(4)23(5,20)21/h6-8H,1-5H3,(H,17,19). The summed E-state index contributed by atoms with van der Waals surface area (Å²) in [5, 5.41) is 3.09. The van der Waals surface area contributed by atoms with Crippen molar-refractivity contribution in [3.8, 4) is 0 Å². The van der Waals surface area contributed by atoms with Gasteiger partial charge in [0.25, 0.3) is 5.91 Å². The number of nitrogens with zero attached hydrogens (tertiary/aromatic N) is 2. The van der Waals surface area contributed by atoms with E-state index in [2.05, 4.69) is 10.3 Å². The maximum Gasteiger partial charge on any atom is 0.267 e. The minimum absolute atomic E-state index is 0.273. The molecule has 0 bridgehead atoms. The van der Waals surface area contributed by atoms with E-state index < -0.39 is 10.0 Å². The smallest absolute Gasteiger partial charge is 0.267 e. The number of aromatic nitrogens is 1. The highest BCUT2D eigenvalue weighted by Gasteiger charge is 2.21. The van der Waals surface area contributed by atoms with Crippen LogP contribution in [0.5, 0.6) is 0 Å². The van der Waals surface area contributed by atoms with Gasteiger partial charge in [-0.2, -0.15) is 0 Å². The van der Waals surface area contributed by atoms with Crippen molar-refractivity contribution in [1.82, 2.24) is 4.98 Å². The molecule has 2 rings (SSSR count). The molecular weight excluding hydrogens is 334 g/mol. The minimum Gasteiger partial charge on any atom is -0.321 e. The van der Waals surface area contributed by atoms with E-state index >= 15 is 0 Å². The third-order valence-corrected chi connectivity index (χ3v) is 6.04. The zero-order chi connectivity index (χ0) is 17.4. The van der Waals surface area contributed by atoms with E-state index in [1.807, 2.05) is 32.0 Å². The van der Waals surface area contributed by atoms with Crippen LogP contribution >= 0.6 is 11.3 Å². The van der Waals surface area contributed by atoms with Gasteiger partial charge in [0.2, 0.25) is 10.0 Å². The Bertz CT molecular complexity index is 857. The molecule has 0 radical (unpaired) electrons. The molecule has 0 aliphatic rings. The molecule has 0 fully saturated rings. The van der Waals surface area contributed by atoms with Gasteiger partial charge in [0.1, 0.15) is 4.88 Å². The van der Waals surface area contributed by atoms with E-state index in [0.29, 0.717) is 16.3 Å². The van der Waals surface area contributed by atoms with Crippen molar-refractivity contribution >= 4 is 38.1 Å². The number of thiazole rings is 1. The predicted octanol–water partition coefficient (Wildman–Crippen LogP) is 2.72. The van der Waals surface area contributed by atoms with Gasteiger partial charge in [-0.25, -0.2) is 17.7 Å². The molecule has 1 N–H and O–H groups in total. The van der Waals surface area contributed by atoms with Gasteiger partial charge in [0.15, 0.2) is 5.13 Å². The number of nitrogens with one attached hydrogen (secondary N) is 1. The quantitative estimate of drug-likeness (QED) is 0.916. The van der Waals surface area contributed by atoms with Crippen LogP contribution in [0.3, 0.4) is 0 Å². The third-order valence-electron chi connectivity index (χ3n) is 3.52. The van der Waals surface area contributed by atoms with Gasteiger partial charge in [0, 0.05) is 12.7 Å². The molecule has 0 unspecified atom stereocenters. The van der Waals surface area contributed by atoms with Crippen LogP contribution in [-0.2, 0) is 10.0 Å². The summed E-state index contributed by atoms with van der Waals surface area (Å²) in [5.41, 5.74) is 3.43. The van der Waals surface area contributed by atoms with Gasteiger partial charge >= 0.3 is 0 Å². The highest BCUT2D eigenvalue weighted by molar-refractivity contribution is 7.92. The summed E-state index contributed by atoms with van der Waals surface area (Å²) in [4.78, 5) is 17.0. The van der Waals surface area contributed by atoms with Gasteiger partial charge in [-0.15, -0.1) is 0 Å². The Labute approximate surface area is 140 Å². The zero-order valence-electron chi connectivity index (χ0n) is 13.7. The van der Waals surface area contributed by atoms with Crippen LogP contribution in [0.4, 0.5) is 10.8 Å². The Balaban J connectivity index is 2.26. The van der Waals surface area contributed by atoms with Gasteiger partial charge in [-0.05, 0) is 44.0 Å². The van der Waals surface area contributed by atoms with Crippen molar-refractivity contribution in [3.05, 3.63) is 39.9 Å². The molecular formula is C15H19N3O3S2. The van der Waals surface area contributed by atoms with Crippen molar-refractivity contribution in [1.29, 1.82) is 0 Å². The summed E-state index contributed by atoms with van der Waals surface area (Å²) in [5.74, 6) is -0.295. The van der Waals surface area contributed by atoms with E-state index in [4.69, 9.17) is 0 Å². The first-order chi connectivity index (χ1) is 10.6. The number of anilines is 2. The summed E-state index contributed by atoms with van der Waals surface area (Å²) >= 11 is 1.05. The van der Waals surface area contributed by atoms with Crippen LogP contribution < -0.4 is 9.62 Å². The molecule has 1 amide bonds. The average Bonchev–Trinajstić information content (AvgIpc) is 2.83. The second kappa shape index (κ2) is 6.29. The molecule has 0 saturated carbocycles. The maximum atomic E-state index is 12.4. The number of hydrogen-bond acceptors (Lipinski definition) is 5. The monoisotopic (exact) mass is 353 g/mol. The molecule has 0 spiro atoms.